The summed E-state index contributed by atoms with van der Waals surface area (Å²) in [6.07, 6.45) is 0.667. The fourth-order valence-corrected chi connectivity index (χ4v) is 1.78. The van der Waals surface area contributed by atoms with E-state index >= 15 is 0 Å². The number of hydrogen-bond donors (Lipinski definition) is 0. The van der Waals surface area contributed by atoms with Gasteiger partial charge in [0, 0.05) is 6.61 Å². The van der Waals surface area contributed by atoms with E-state index in [4.69, 9.17) is 9.47 Å². The SMILES string of the molecule is C[B]c1c(F)cccc1[C@@H](CC)OCOCC. The Labute approximate surface area is 103 Å². The predicted octanol–water partition coefficient (Wildman–Crippen LogP) is 2.67. The third kappa shape index (κ3) is 3.82. The maximum atomic E-state index is 13.6. The number of halogens is 1. The first-order valence-electron chi connectivity index (χ1n) is 6.01. The molecule has 0 saturated heterocycles. The zero-order chi connectivity index (χ0) is 12.7. The van der Waals surface area contributed by atoms with Crippen molar-refractivity contribution in [3.8, 4) is 0 Å². The summed E-state index contributed by atoms with van der Waals surface area (Å²) in [5.74, 6) is -0.205. The van der Waals surface area contributed by atoms with E-state index in [0.29, 0.717) is 12.1 Å². The van der Waals surface area contributed by atoms with Gasteiger partial charge < -0.3 is 9.47 Å². The molecule has 1 aromatic carbocycles. The van der Waals surface area contributed by atoms with Gasteiger partial charge in [0.2, 0.25) is 0 Å². The van der Waals surface area contributed by atoms with Crippen molar-refractivity contribution in [1.29, 1.82) is 0 Å². The first-order valence-corrected chi connectivity index (χ1v) is 6.01. The summed E-state index contributed by atoms with van der Waals surface area (Å²) in [4.78, 5) is 0. The van der Waals surface area contributed by atoms with Gasteiger partial charge in [-0.3, -0.25) is 0 Å². The number of benzene rings is 1. The van der Waals surface area contributed by atoms with Crippen LogP contribution in [0.1, 0.15) is 31.9 Å². The fourth-order valence-electron chi connectivity index (χ4n) is 1.78. The van der Waals surface area contributed by atoms with Crippen LogP contribution in [0.15, 0.2) is 18.2 Å². The van der Waals surface area contributed by atoms with E-state index in [2.05, 4.69) is 0 Å². The highest BCUT2D eigenvalue weighted by Gasteiger charge is 2.15. The molecule has 2 nitrogen and oxygen atoms in total. The van der Waals surface area contributed by atoms with Gasteiger partial charge >= 0.3 is 0 Å². The monoisotopic (exact) mass is 237 g/mol. The van der Waals surface area contributed by atoms with Crippen LogP contribution in [0.4, 0.5) is 4.39 Å². The Balaban J connectivity index is 2.83. The molecule has 93 valence electrons. The zero-order valence-electron chi connectivity index (χ0n) is 10.7. The van der Waals surface area contributed by atoms with Gasteiger partial charge in [-0.25, -0.2) is 4.39 Å². The predicted molar refractivity (Wildman–Crippen MR) is 68.3 cm³/mol. The second-order valence-electron chi connectivity index (χ2n) is 3.71. The van der Waals surface area contributed by atoms with E-state index in [-0.39, 0.29) is 18.7 Å². The molecule has 0 aliphatic carbocycles. The second-order valence-corrected chi connectivity index (χ2v) is 3.71. The number of ether oxygens (including phenoxy) is 2. The van der Waals surface area contributed by atoms with Crippen LogP contribution in [0.5, 0.6) is 0 Å². The summed E-state index contributed by atoms with van der Waals surface area (Å²) < 4.78 is 24.4. The van der Waals surface area contributed by atoms with Crippen LogP contribution >= 0.6 is 0 Å². The largest absolute Gasteiger partial charge is 0.356 e. The van der Waals surface area contributed by atoms with Crippen LogP contribution in [-0.4, -0.2) is 20.7 Å². The molecule has 0 bridgehead atoms. The van der Waals surface area contributed by atoms with Gasteiger partial charge in [-0.1, -0.05) is 25.9 Å². The van der Waals surface area contributed by atoms with Crippen molar-refractivity contribution in [1.82, 2.24) is 0 Å². The lowest BCUT2D eigenvalue weighted by atomic mass is 9.69. The van der Waals surface area contributed by atoms with Gasteiger partial charge in [-0.2, -0.15) is 0 Å². The lowest BCUT2D eigenvalue weighted by Crippen LogP contribution is -2.24. The molecule has 17 heavy (non-hydrogen) atoms. The molecule has 0 spiro atoms. The maximum absolute atomic E-state index is 13.6. The average Bonchev–Trinajstić information content (AvgIpc) is 2.34. The van der Waals surface area contributed by atoms with Crippen molar-refractivity contribution in [3.63, 3.8) is 0 Å². The molecule has 1 atom stereocenters. The summed E-state index contributed by atoms with van der Waals surface area (Å²) >= 11 is 0. The van der Waals surface area contributed by atoms with E-state index in [1.165, 1.54) is 6.07 Å². The summed E-state index contributed by atoms with van der Waals surface area (Å²) in [5.41, 5.74) is 1.51. The lowest BCUT2D eigenvalue weighted by molar-refractivity contribution is -0.0884. The summed E-state index contributed by atoms with van der Waals surface area (Å²) in [7, 11) is 1.78. The van der Waals surface area contributed by atoms with Crippen LogP contribution in [0.25, 0.3) is 0 Å². The van der Waals surface area contributed by atoms with Crippen molar-refractivity contribution in [2.45, 2.75) is 33.2 Å². The molecular formula is C13H19BFO2. The Morgan fingerprint density at radius 1 is 1.35 bits per heavy atom. The molecular weight excluding hydrogens is 218 g/mol. The van der Waals surface area contributed by atoms with Gasteiger partial charge in [0.25, 0.3) is 0 Å². The van der Waals surface area contributed by atoms with Gasteiger partial charge in [-0.15, -0.1) is 0 Å². The zero-order valence-corrected chi connectivity index (χ0v) is 10.7. The first kappa shape index (κ1) is 14.2. The number of rotatable bonds is 7. The Morgan fingerprint density at radius 3 is 2.71 bits per heavy atom. The Kier molecular flexibility index (Phi) is 6.23. The van der Waals surface area contributed by atoms with E-state index in [1.54, 1.807) is 13.3 Å². The summed E-state index contributed by atoms with van der Waals surface area (Å²) in [6, 6.07) is 5.08. The minimum atomic E-state index is -0.205. The quantitative estimate of drug-likeness (QED) is 0.412. The Morgan fingerprint density at radius 2 is 2.12 bits per heavy atom. The topological polar surface area (TPSA) is 18.5 Å². The van der Waals surface area contributed by atoms with Crippen molar-refractivity contribution in [3.05, 3.63) is 29.6 Å². The average molecular weight is 237 g/mol. The van der Waals surface area contributed by atoms with Crippen molar-refractivity contribution in [2.75, 3.05) is 13.4 Å². The molecule has 0 N–H and O–H groups in total. The highest BCUT2D eigenvalue weighted by molar-refractivity contribution is 6.52. The third-order valence-corrected chi connectivity index (χ3v) is 2.65. The first-order chi connectivity index (χ1) is 8.24. The molecule has 0 aliphatic heterocycles. The molecule has 0 aliphatic rings. The maximum Gasteiger partial charge on any atom is 0.152 e. The Bertz CT molecular complexity index is 344. The normalized spacial score (nSPS) is 12.5. The van der Waals surface area contributed by atoms with Crippen LogP contribution in [0, 0.1) is 5.82 Å². The smallest absolute Gasteiger partial charge is 0.152 e. The third-order valence-electron chi connectivity index (χ3n) is 2.65. The molecule has 0 saturated carbocycles. The van der Waals surface area contributed by atoms with Gasteiger partial charge in [0.05, 0.1) is 6.10 Å². The molecule has 0 aromatic heterocycles. The van der Waals surface area contributed by atoms with Crippen LogP contribution in [0.3, 0.4) is 0 Å². The minimum Gasteiger partial charge on any atom is -0.356 e. The van der Waals surface area contributed by atoms with E-state index in [9.17, 15) is 4.39 Å². The highest BCUT2D eigenvalue weighted by Crippen LogP contribution is 2.20. The van der Waals surface area contributed by atoms with Gasteiger partial charge in [0.15, 0.2) is 7.28 Å². The standard InChI is InChI=1S/C13H19BFO2/c1-4-12(17-9-16-5-2)10-7-6-8-11(15)13(10)14-3/h6-8,12H,4-5,9H2,1-3H3/t12-/m1/s1. The Hall–Kier alpha value is -0.865. The molecule has 1 rings (SSSR count). The molecule has 0 amide bonds. The van der Waals surface area contributed by atoms with Gasteiger partial charge in [-0.05, 0) is 30.4 Å². The van der Waals surface area contributed by atoms with Crippen molar-refractivity contribution >= 4 is 12.7 Å². The van der Waals surface area contributed by atoms with Crippen molar-refractivity contribution < 1.29 is 13.9 Å². The van der Waals surface area contributed by atoms with Crippen LogP contribution in [-0.2, 0) is 9.47 Å². The molecule has 4 heteroatoms. The van der Waals surface area contributed by atoms with Crippen LogP contribution in [0.2, 0.25) is 6.82 Å². The molecule has 0 heterocycles. The lowest BCUT2D eigenvalue weighted by Gasteiger charge is -2.19. The molecule has 1 aromatic rings. The molecule has 0 fully saturated rings. The van der Waals surface area contributed by atoms with Crippen molar-refractivity contribution in [2.24, 2.45) is 0 Å². The summed E-state index contributed by atoms with van der Waals surface area (Å²) in [5, 5.41) is 0. The van der Waals surface area contributed by atoms with E-state index in [0.717, 1.165) is 12.0 Å². The van der Waals surface area contributed by atoms with E-state index in [1.807, 2.05) is 26.7 Å². The fraction of sp³-hybridized carbons (Fsp3) is 0.538. The van der Waals surface area contributed by atoms with E-state index < -0.39 is 0 Å². The summed E-state index contributed by atoms with van der Waals surface area (Å²) in [6.45, 7) is 6.62. The molecule has 1 radical (unpaired) electrons. The second kappa shape index (κ2) is 7.46. The highest BCUT2D eigenvalue weighted by atomic mass is 19.1. The number of hydrogen-bond acceptors (Lipinski definition) is 2. The molecule has 0 unspecified atom stereocenters. The van der Waals surface area contributed by atoms with Gasteiger partial charge in [0.1, 0.15) is 12.6 Å². The minimum absolute atomic E-state index is 0.122. The van der Waals surface area contributed by atoms with Crippen LogP contribution < -0.4 is 5.46 Å².